The SMILES string of the molecule is COc1ccc(CCC(=O)OCC(=O)Nc2ccccc2C(C)=O)cc1OC. The first-order valence-corrected chi connectivity index (χ1v) is 8.71. The number of rotatable bonds is 9. The van der Waals surface area contributed by atoms with Gasteiger partial charge in [-0.3, -0.25) is 14.4 Å². The number of methoxy groups -OCH3 is 2. The van der Waals surface area contributed by atoms with Crippen molar-refractivity contribution in [2.24, 2.45) is 0 Å². The van der Waals surface area contributed by atoms with Crippen LogP contribution < -0.4 is 14.8 Å². The number of benzene rings is 2. The Bertz CT molecular complexity index is 862. The van der Waals surface area contributed by atoms with E-state index in [-0.39, 0.29) is 12.2 Å². The zero-order chi connectivity index (χ0) is 20.5. The molecule has 0 atom stereocenters. The van der Waals surface area contributed by atoms with Crippen molar-refractivity contribution >= 4 is 23.3 Å². The number of esters is 1. The van der Waals surface area contributed by atoms with E-state index in [9.17, 15) is 14.4 Å². The number of ether oxygens (including phenoxy) is 3. The number of anilines is 1. The molecule has 1 N–H and O–H groups in total. The molecule has 0 aliphatic carbocycles. The number of carbonyl (C=O) groups is 3. The van der Waals surface area contributed by atoms with E-state index in [2.05, 4.69) is 5.32 Å². The van der Waals surface area contributed by atoms with E-state index >= 15 is 0 Å². The first-order valence-electron chi connectivity index (χ1n) is 8.71. The monoisotopic (exact) mass is 385 g/mol. The molecule has 0 fully saturated rings. The van der Waals surface area contributed by atoms with Crippen molar-refractivity contribution in [2.45, 2.75) is 19.8 Å². The van der Waals surface area contributed by atoms with E-state index in [1.807, 2.05) is 6.07 Å². The molecule has 0 bridgehead atoms. The molecule has 2 rings (SSSR count). The molecule has 0 saturated heterocycles. The van der Waals surface area contributed by atoms with Gasteiger partial charge in [0.05, 0.1) is 19.9 Å². The fourth-order valence-corrected chi connectivity index (χ4v) is 2.59. The maximum atomic E-state index is 12.0. The lowest BCUT2D eigenvalue weighted by Crippen LogP contribution is -2.22. The lowest BCUT2D eigenvalue weighted by molar-refractivity contribution is -0.147. The zero-order valence-electron chi connectivity index (χ0n) is 16.1. The summed E-state index contributed by atoms with van der Waals surface area (Å²) in [7, 11) is 3.09. The number of hydrogen-bond donors (Lipinski definition) is 1. The van der Waals surface area contributed by atoms with Gasteiger partial charge in [0.25, 0.3) is 5.91 Å². The molecule has 28 heavy (non-hydrogen) atoms. The van der Waals surface area contributed by atoms with E-state index in [4.69, 9.17) is 14.2 Å². The van der Waals surface area contributed by atoms with Gasteiger partial charge < -0.3 is 19.5 Å². The number of ketones is 1. The number of para-hydroxylation sites is 1. The van der Waals surface area contributed by atoms with Crippen LogP contribution in [0, 0.1) is 0 Å². The first kappa shape index (κ1) is 21.0. The molecule has 0 spiro atoms. The lowest BCUT2D eigenvalue weighted by Gasteiger charge is -2.10. The van der Waals surface area contributed by atoms with Crippen molar-refractivity contribution in [2.75, 3.05) is 26.1 Å². The predicted molar refractivity (Wildman–Crippen MR) is 104 cm³/mol. The molecular weight excluding hydrogens is 362 g/mol. The number of carbonyl (C=O) groups excluding carboxylic acids is 3. The molecule has 0 radical (unpaired) electrons. The molecule has 0 heterocycles. The van der Waals surface area contributed by atoms with E-state index < -0.39 is 18.5 Å². The Morgan fingerprint density at radius 1 is 0.964 bits per heavy atom. The summed E-state index contributed by atoms with van der Waals surface area (Å²) in [5, 5.41) is 2.58. The Labute approximate surface area is 163 Å². The lowest BCUT2D eigenvalue weighted by atomic mass is 10.1. The van der Waals surface area contributed by atoms with Gasteiger partial charge in [-0.05, 0) is 43.2 Å². The number of amides is 1. The summed E-state index contributed by atoms with van der Waals surface area (Å²) in [4.78, 5) is 35.5. The van der Waals surface area contributed by atoms with Gasteiger partial charge in [0.1, 0.15) is 0 Å². The van der Waals surface area contributed by atoms with Gasteiger partial charge in [0.2, 0.25) is 0 Å². The van der Waals surface area contributed by atoms with Crippen LogP contribution in [0.4, 0.5) is 5.69 Å². The molecule has 7 nitrogen and oxygen atoms in total. The van der Waals surface area contributed by atoms with E-state index in [0.29, 0.717) is 29.2 Å². The van der Waals surface area contributed by atoms with Crippen molar-refractivity contribution in [3.63, 3.8) is 0 Å². The third-order valence-electron chi connectivity index (χ3n) is 4.01. The molecule has 148 valence electrons. The van der Waals surface area contributed by atoms with Gasteiger partial charge in [-0.1, -0.05) is 18.2 Å². The Morgan fingerprint density at radius 2 is 1.68 bits per heavy atom. The van der Waals surface area contributed by atoms with Crippen LogP contribution >= 0.6 is 0 Å². The van der Waals surface area contributed by atoms with Crippen molar-refractivity contribution in [3.8, 4) is 11.5 Å². The van der Waals surface area contributed by atoms with Gasteiger partial charge in [-0.15, -0.1) is 0 Å². The van der Waals surface area contributed by atoms with Crippen LogP contribution in [0.25, 0.3) is 0 Å². The highest BCUT2D eigenvalue weighted by atomic mass is 16.5. The van der Waals surface area contributed by atoms with Crippen LogP contribution in [-0.4, -0.2) is 38.5 Å². The molecule has 2 aromatic carbocycles. The maximum absolute atomic E-state index is 12.0. The summed E-state index contributed by atoms with van der Waals surface area (Å²) in [6.45, 7) is 0.996. The highest BCUT2D eigenvalue weighted by molar-refractivity contribution is 6.04. The van der Waals surface area contributed by atoms with E-state index in [0.717, 1.165) is 5.56 Å². The number of nitrogens with one attached hydrogen (secondary N) is 1. The van der Waals surface area contributed by atoms with Crippen molar-refractivity contribution in [1.29, 1.82) is 0 Å². The van der Waals surface area contributed by atoms with Crippen molar-refractivity contribution in [1.82, 2.24) is 0 Å². The average Bonchev–Trinajstić information content (AvgIpc) is 2.70. The van der Waals surface area contributed by atoms with Crippen LogP contribution in [0.15, 0.2) is 42.5 Å². The van der Waals surface area contributed by atoms with Gasteiger partial charge in [-0.2, -0.15) is 0 Å². The Kier molecular flexibility index (Phi) is 7.56. The molecule has 0 aliphatic heterocycles. The van der Waals surface area contributed by atoms with E-state index in [1.165, 1.54) is 6.92 Å². The molecule has 0 aromatic heterocycles. The highest BCUT2D eigenvalue weighted by Crippen LogP contribution is 2.28. The summed E-state index contributed by atoms with van der Waals surface area (Å²) in [6.07, 6.45) is 0.556. The van der Waals surface area contributed by atoms with Crippen LogP contribution in [0.3, 0.4) is 0 Å². The second-order valence-electron chi connectivity index (χ2n) is 6.00. The normalized spacial score (nSPS) is 10.1. The summed E-state index contributed by atoms with van der Waals surface area (Å²) in [5.74, 6) is 0.0222. The smallest absolute Gasteiger partial charge is 0.306 e. The number of hydrogen-bond acceptors (Lipinski definition) is 6. The van der Waals surface area contributed by atoms with Gasteiger partial charge >= 0.3 is 5.97 Å². The average molecular weight is 385 g/mol. The van der Waals surface area contributed by atoms with E-state index in [1.54, 1.807) is 50.6 Å². The Hall–Kier alpha value is -3.35. The quantitative estimate of drug-likeness (QED) is 0.527. The molecular formula is C21H23NO6. The molecule has 7 heteroatoms. The largest absolute Gasteiger partial charge is 0.493 e. The minimum atomic E-state index is -0.506. The third-order valence-corrected chi connectivity index (χ3v) is 4.01. The number of aryl methyl sites for hydroxylation is 1. The summed E-state index contributed by atoms with van der Waals surface area (Å²) in [6, 6.07) is 12.0. The molecule has 0 unspecified atom stereocenters. The van der Waals surface area contributed by atoms with Gasteiger partial charge in [-0.25, -0.2) is 0 Å². The predicted octanol–water partition coefficient (Wildman–Crippen LogP) is 3.02. The van der Waals surface area contributed by atoms with Crippen molar-refractivity contribution in [3.05, 3.63) is 53.6 Å². The summed E-state index contributed by atoms with van der Waals surface area (Å²) in [5.41, 5.74) is 1.67. The van der Waals surface area contributed by atoms with Crippen molar-refractivity contribution < 1.29 is 28.6 Å². The molecule has 1 amide bonds. The summed E-state index contributed by atoms with van der Waals surface area (Å²) >= 11 is 0. The minimum Gasteiger partial charge on any atom is -0.493 e. The molecule has 2 aromatic rings. The van der Waals surface area contributed by atoms with Crippen LogP contribution in [0.1, 0.15) is 29.3 Å². The molecule has 0 saturated carbocycles. The second kappa shape index (κ2) is 10.1. The maximum Gasteiger partial charge on any atom is 0.306 e. The standard InChI is InChI=1S/C21H23NO6/c1-14(23)16-6-4-5-7-17(16)22-20(24)13-28-21(25)11-9-15-8-10-18(26-2)19(12-15)27-3/h4-8,10,12H,9,11,13H2,1-3H3,(H,22,24). The van der Waals surface area contributed by atoms with Gasteiger partial charge in [0.15, 0.2) is 23.9 Å². The Balaban J connectivity index is 1.83. The van der Waals surface area contributed by atoms with Crippen LogP contribution in [0.5, 0.6) is 11.5 Å². The summed E-state index contributed by atoms with van der Waals surface area (Å²) < 4.78 is 15.4. The van der Waals surface area contributed by atoms with Crippen LogP contribution in [-0.2, 0) is 20.7 Å². The second-order valence-corrected chi connectivity index (χ2v) is 6.00. The molecule has 0 aliphatic rings. The fraction of sp³-hybridized carbons (Fsp3) is 0.286. The highest BCUT2D eigenvalue weighted by Gasteiger charge is 2.12. The van der Waals surface area contributed by atoms with Crippen LogP contribution in [0.2, 0.25) is 0 Å². The topological polar surface area (TPSA) is 90.9 Å². The minimum absolute atomic E-state index is 0.118. The third kappa shape index (κ3) is 5.84. The fourth-order valence-electron chi connectivity index (χ4n) is 2.59. The zero-order valence-corrected chi connectivity index (χ0v) is 16.1. The van der Waals surface area contributed by atoms with Gasteiger partial charge in [0, 0.05) is 12.0 Å². The first-order chi connectivity index (χ1) is 13.4. The Morgan fingerprint density at radius 3 is 2.36 bits per heavy atom. The number of Topliss-reactive ketones (excluding diaryl/α,β-unsaturated/α-hetero) is 1.